The highest BCUT2D eigenvalue weighted by Crippen LogP contribution is 2.52. The van der Waals surface area contributed by atoms with E-state index in [2.05, 4.69) is 237 Å². The molecule has 4 nitrogen and oxygen atoms in total. The second-order valence-corrected chi connectivity index (χ2v) is 20.3. The largest absolute Gasteiger partial charge is 0.497 e. The summed E-state index contributed by atoms with van der Waals surface area (Å²) in [4.78, 5) is 0. The molecule has 0 spiro atoms. The topological polar surface area (TPSA) is 36.9 Å². The van der Waals surface area contributed by atoms with Gasteiger partial charge in [0.25, 0.3) is 0 Å². The van der Waals surface area contributed by atoms with E-state index in [0.717, 1.165) is 23.0 Å². The van der Waals surface area contributed by atoms with Crippen molar-refractivity contribution in [1.82, 2.24) is 0 Å². The van der Waals surface area contributed by atoms with E-state index in [-0.39, 0.29) is 0 Å². The lowest BCUT2D eigenvalue weighted by Crippen LogP contribution is -2.00. The Labute approximate surface area is 448 Å². The molecule has 0 heterocycles. The number of methoxy groups -OCH3 is 4. The molecule has 12 aromatic rings. The van der Waals surface area contributed by atoms with Crippen LogP contribution < -0.4 is 18.9 Å². The molecular formula is C72H66O4. The number of hydrogen-bond donors (Lipinski definition) is 0. The molecule has 4 heteroatoms. The maximum absolute atomic E-state index is 5.74. The Morgan fingerprint density at radius 3 is 0.553 bits per heavy atom. The molecule has 0 saturated heterocycles. The zero-order valence-corrected chi connectivity index (χ0v) is 46.0. The quantitative estimate of drug-likeness (QED) is 0.142. The molecule has 378 valence electrons. The Kier molecular flexibility index (Phi) is 14.3. The highest BCUT2D eigenvalue weighted by Gasteiger charge is 2.25. The van der Waals surface area contributed by atoms with Gasteiger partial charge in [0.2, 0.25) is 0 Å². The molecule has 0 aromatic heterocycles. The lowest BCUT2D eigenvalue weighted by Gasteiger charge is -2.25. The molecule has 0 amide bonds. The molecule has 0 unspecified atom stereocenters. The van der Waals surface area contributed by atoms with Crippen LogP contribution in [0.2, 0.25) is 0 Å². The minimum Gasteiger partial charge on any atom is -0.497 e. The van der Waals surface area contributed by atoms with Crippen molar-refractivity contribution in [2.45, 2.75) is 55.4 Å². The molecule has 0 atom stereocenters. The van der Waals surface area contributed by atoms with Crippen LogP contribution in [0, 0.1) is 55.4 Å². The molecule has 0 N–H and O–H groups in total. The van der Waals surface area contributed by atoms with Crippen LogP contribution in [0.4, 0.5) is 0 Å². The van der Waals surface area contributed by atoms with Gasteiger partial charge in [-0.25, -0.2) is 0 Å². The van der Waals surface area contributed by atoms with Crippen LogP contribution >= 0.6 is 0 Å². The summed E-state index contributed by atoms with van der Waals surface area (Å²) in [5, 5.41) is 12.7. The molecule has 76 heavy (non-hydrogen) atoms. The minimum absolute atomic E-state index is 0.869. The van der Waals surface area contributed by atoms with E-state index in [1.165, 1.54) is 143 Å². The summed E-state index contributed by atoms with van der Waals surface area (Å²) in [6.07, 6.45) is 0. The lowest BCUT2D eigenvalue weighted by atomic mass is 9.79. The van der Waals surface area contributed by atoms with Crippen molar-refractivity contribution >= 4 is 53.9 Å². The van der Waals surface area contributed by atoms with Gasteiger partial charge < -0.3 is 18.9 Å². The normalized spacial score (nSPS) is 11.2. The van der Waals surface area contributed by atoms with Crippen LogP contribution in [-0.2, 0) is 0 Å². The summed E-state index contributed by atoms with van der Waals surface area (Å²) in [6.45, 7) is 17.6. The Hall–Kier alpha value is -8.60. The van der Waals surface area contributed by atoms with Crippen molar-refractivity contribution in [2.24, 2.45) is 0 Å². The fraction of sp³-hybridized carbons (Fsp3) is 0.167. The summed E-state index contributed by atoms with van der Waals surface area (Å²) in [5.74, 6) is 3.48. The summed E-state index contributed by atoms with van der Waals surface area (Å²) in [5.41, 5.74) is 19.3. The van der Waals surface area contributed by atoms with Gasteiger partial charge in [0, 0.05) is 0 Å². The van der Waals surface area contributed by atoms with Crippen molar-refractivity contribution in [2.75, 3.05) is 28.4 Å². The summed E-state index contributed by atoms with van der Waals surface area (Å²) in [6, 6.07) is 65.0. The van der Waals surface area contributed by atoms with E-state index >= 15 is 0 Å². The van der Waals surface area contributed by atoms with Gasteiger partial charge in [-0.15, -0.1) is 0 Å². The van der Waals surface area contributed by atoms with Gasteiger partial charge in [-0.3, -0.25) is 0 Å². The summed E-state index contributed by atoms with van der Waals surface area (Å²) < 4.78 is 23.0. The van der Waals surface area contributed by atoms with Gasteiger partial charge in [-0.2, -0.15) is 0 Å². The average molecular weight is 995 g/mol. The van der Waals surface area contributed by atoms with E-state index < -0.39 is 0 Å². The minimum atomic E-state index is 0.869. The number of hydrogen-bond acceptors (Lipinski definition) is 4. The standard InChI is InChI=1S/C52H50O4.2C10H8/c1-27-17-35(53-9)18-28(2)47(27)43-25-44(48-29(3)19-36(54-10)20-30(48)4)40-15-16-42-46(50-33(7)23-38(56-12)24-34(50)8)26-45(41-14-13-39(43)51(40)52(41)42)49-31(5)21-37(55-11)22-32(49)6;2*1-2-6-10-8-4-3-7-9(10)5-1/h13-26H,1-12H3;2*1-8H. The van der Waals surface area contributed by atoms with Gasteiger partial charge in [0.15, 0.2) is 0 Å². The van der Waals surface area contributed by atoms with E-state index in [1.54, 1.807) is 28.4 Å². The molecule has 12 aromatic carbocycles. The van der Waals surface area contributed by atoms with E-state index in [4.69, 9.17) is 18.9 Å². The number of ether oxygens (including phenoxy) is 4. The van der Waals surface area contributed by atoms with E-state index in [1.807, 2.05) is 0 Å². The average Bonchev–Trinajstić information content (AvgIpc) is 3.43. The zero-order valence-electron chi connectivity index (χ0n) is 46.0. The highest BCUT2D eigenvalue weighted by atomic mass is 16.5. The SMILES string of the molecule is COc1cc(C)c(-c2cc(-c3c(C)cc(OC)cc3C)c3ccc4c(-c5c(C)cc(OC)cc5C)cc(-c5c(C)cc(OC)cc5C)c5ccc2c3c54)c(C)c1.c1ccc2ccccc2c1.c1ccc2ccccc2c1. The maximum atomic E-state index is 5.74. The van der Waals surface area contributed by atoms with Crippen molar-refractivity contribution in [3.05, 3.63) is 226 Å². The smallest absolute Gasteiger partial charge is 0.119 e. The second-order valence-electron chi connectivity index (χ2n) is 20.3. The Balaban J connectivity index is 0.000000269. The van der Waals surface area contributed by atoms with Gasteiger partial charge in [-0.1, -0.05) is 121 Å². The summed E-state index contributed by atoms with van der Waals surface area (Å²) >= 11 is 0. The predicted molar refractivity (Wildman–Crippen MR) is 324 cm³/mol. The van der Waals surface area contributed by atoms with E-state index in [0.29, 0.717) is 0 Å². The predicted octanol–water partition coefficient (Wildman–Crippen LogP) is 19.4. The monoisotopic (exact) mass is 994 g/mol. The third-order valence-corrected chi connectivity index (χ3v) is 15.3. The van der Waals surface area contributed by atoms with Crippen LogP contribution in [0.1, 0.15) is 44.5 Å². The Morgan fingerprint density at radius 2 is 0.395 bits per heavy atom. The van der Waals surface area contributed by atoms with Gasteiger partial charge in [0.1, 0.15) is 23.0 Å². The molecule has 0 saturated carbocycles. The first-order chi connectivity index (χ1) is 36.8. The highest BCUT2D eigenvalue weighted by molar-refractivity contribution is 6.32. The third-order valence-electron chi connectivity index (χ3n) is 15.3. The van der Waals surface area contributed by atoms with Crippen LogP contribution in [0.25, 0.3) is 98.4 Å². The van der Waals surface area contributed by atoms with Gasteiger partial charge >= 0.3 is 0 Å². The zero-order chi connectivity index (χ0) is 53.4. The lowest BCUT2D eigenvalue weighted by molar-refractivity contribution is 0.414. The first kappa shape index (κ1) is 50.9. The number of aryl methyl sites for hydroxylation is 8. The van der Waals surface area contributed by atoms with Crippen LogP contribution in [-0.4, -0.2) is 28.4 Å². The van der Waals surface area contributed by atoms with Crippen LogP contribution in [0.15, 0.2) is 182 Å². The number of rotatable bonds is 8. The fourth-order valence-corrected chi connectivity index (χ4v) is 12.0. The molecule has 0 bridgehead atoms. The fourth-order valence-electron chi connectivity index (χ4n) is 12.0. The van der Waals surface area contributed by atoms with Crippen molar-refractivity contribution in [1.29, 1.82) is 0 Å². The molecule has 0 aliphatic carbocycles. The Morgan fingerprint density at radius 1 is 0.224 bits per heavy atom. The molecule has 0 aliphatic rings. The van der Waals surface area contributed by atoms with E-state index in [9.17, 15) is 0 Å². The molecule has 0 radical (unpaired) electrons. The van der Waals surface area contributed by atoms with Crippen molar-refractivity contribution < 1.29 is 18.9 Å². The second kappa shape index (κ2) is 21.3. The van der Waals surface area contributed by atoms with Crippen LogP contribution in [0.5, 0.6) is 23.0 Å². The molecular weight excluding hydrogens is 929 g/mol. The summed E-state index contributed by atoms with van der Waals surface area (Å²) in [7, 11) is 6.96. The third kappa shape index (κ3) is 9.45. The molecule has 12 rings (SSSR count). The first-order valence-corrected chi connectivity index (χ1v) is 26.1. The van der Waals surface area contributed by atoms with Gasteiger partial charge in [0.05, 0.1) is 28.4 Å². The van der Waals surface area contributed by atoms with Crippen molar-refractivity contribution in [3.63, 3.8) is 0 Å². The van der Waals surface area contributed by atoms with Crippen LogP contribution in [0.3, 0.4) is 0 Å². The van der Waals surface area contributed by atoms with Crippen molar-refractivity contribution in [3.8, 4) is 67.5 Å². The maximum Gasteiger partial charge on any atom is 0.119 e. The first-order valence-electron chi connectivity index (χ1n) is 26.1. The molecule has 0 fully saturated rings. The van der Waals surface area contributed by atoms with Gasteiger partial charge in [-0.05, 0) is 259 Å². The molecule has 0 aliphatic heterocycles. The number of fused-ring (bicyclic) bond motifs is 2. The number of benzene rings is 12. The Bertz CT molecular complexity index is 3460.